The minimum Gasteiger partial charge on any atom is -0.326 e. The number of amides is 1. The van der Waals surface area contributed by atoms with Crippen molar-refractivity contribution >= 4 is 22.9 Å². The molecule has 0 unspecified atom stereocenters. The molecule has 1 amide bonds. The van der Waals surface area contributed by atoms with Crippen molar-refractivity contribution in [3.05, 3.63) is 75.7 Å². The topological polar surface area (TPSA) is 85.6 Å². The number of anilines is 1. The van der Waals surface area contributed by atoms with Gasteiger partial charge in [0.05, 0.1) is 17.7 Å². The Labute approximate surface area is 184 Å². The second-order valence-corrected chi connectivity index (χ2v) is 7.99. The van der Waals surface area contributed by atoms with Gasteiger partial charge in [0.15, 0.2) is 0 Å². The molecule has 11 heteroatoms. The summed E-state index contributed by atoms with van der Waals surface area (Å²) in [5.74, 6) is -0.0931. The number of nitrogens with one attached hydrogen (secondary N) is 1. The van der Waals surface area contributed by atoms with E-state index in [2.05, 4.69) is 25.7 Å². The minimum absolute atomic E-state index is 0.0871. The van der Waals surface area contributed by atoms with E-state index in [1.54, 1.807) is 5.38 Å². The number of nitrogens with zero attached hydrogens (tertiary/aromatic N) is 5. The molecule has 1 N–H and O–H groups in total. The predicted molar refractivity (Wildman–Crippen MR) is 113 cm³/mol. The molecule has 0 spiro atoms. The zero-order valence-electron chi connectivity index (χ0n) is 16.8. The van der Waals surface area contributed by atoms with E-state index in [0.29, 0.717) is 16.4 Å². The average Bonchev–Trinajstić information content (AvgIpc) is 3.39. The van der Waals surface area contributed by atoms with E-state index in [0.717, 1.165) is 17.7 Å². The fourth-order valence-electron chi connectivity index (χ4n) is 2.89. The zero-order chi connectivity index (χ0) is 22.7. The third kappa shape index (κ3) is 5.35. The fraction of sp³-hybridized carbons (Fsp3) is 0.190. The van der Waals surface area contributed by atoms with Crippen molar-refractivity contribution in [2.45, 2.75) is 26.1 Å². The number of carbonyl (C=O) groups excluding carboxylic acids is 1. The molecule has 32 heavy (non-hydrogen) atoms. The van der Waals surface area contributed by atoms with Crippen LogP contribution in [0.1, 0.15) is 21.8 Å². The summed E-state index contributed by atoms with van der Waals surface area (Å²) in [4.78, 5) is 17.9. The van der Waals surface area contributed by atoms with Gasteiger partial charge in [-0.15, -0.1) is 21.5 Å². The molecule has 0 saturated carbocycles. The molecule has 0 atom stereocenters. The first-order valence-electron chi connectivity index (χ1n) is 9.51. The van der Waals surface area contributed by atoms with Crippen molar-refractivity contribution in [2.75, 3.05) is 5.32 Å². The van der Waals surface area contributed by atoms with Gasteiger partial charge in [-0.3, -0.25) is 4.79 Å². The van der Waals surface area contributed by atoms with E-state index >= 15 is 0 Å². The van der Waals surface area contributed by atoms with Gasteiger partial charge in [-0.1, -0.05) is 29.8 Å². The summed E-state index contributed by atoms with van der Waals surface area (Å²) in [5.41, 5.74) is 1.88. The van der Waals surface area contributed by atoms with Crippen LogP contribution in [0.3, 0.4) is 0 Å². The first kappa shape index (κ1) is 21.6. The van der Waals surface area contributed by atoms with Crippen LogP contribution in [0.2, 0.25) is 0 Å². The molecule has 4 rings (SSSR count). The van der Waals surface area contributed by atoms with Crippen LogP contribution in [0.15, 0.2) is 53.9 Å². The standard InChI is InChI=1S/C21H17F3N6OS/c1-13-5-7-16(8-6-13)25-18(31)10-19-26-17(12-32-19)11-30-28-20(27-29-30)14-3-2-4-15(9-14)21(22,23)24/h2-9,12H,10-11H2,1H3,(H,25,31). The summed E-state index contributed by atoms with van der Waals surface area (Å²) in [5, 5.41) is 17.1. The lowest BCUT2D eigenvalue weighted by Gasteiger charge is -2.06. The molecule has 164 valence electrons. The van der Waals surface area contributed by atoms with Crippen LogP contribution in [-0.4, -0.2) is 31.1 Å². The number of halogens is 3. The number of hydrogen-bond donors (Lipinski definition) is 1. The zero-order valence-corrected chi connectivity index (χ0v) is 17.6. The number of alkyl halides is 3. The molecular formula is C21H17F3N6OS. The van der Waals surface area contributed by atoms with E-state index in [1.165, 1.54) is 28.3 Å². The first-order valence-corrected chi connectivity index (χ1v) is 10.4. The third-order valence-corrected chi connectivity index (χ3v) is 5.35. The lowest BCUT2D eigenvalue weighted by molar-refractivity contribution is -0.137. The van der Waals surface area contributed by atoms with Crippen LogP contribution in [0.4, 0.5) is 18.9 Å². The molecule has 7 nitrogen and oxygen atoms in total. The number of carbonyl (C=O) groups is 1. The number of aromatic nitrogens is 5. The first-order chi connectivity index (χ1) is 15.3. The molecule has 2 heterocycles. The van der Waals surface area contributed by atoms with Crippen LogP contribution >= 0.6 is 11.3 Å². The van der Waals surface area contributed by atoms with Crippen LogP contribution in [0.25, 0.3) is 11.4 Å². The van der Waals surface area contributed by atoms with Crippen molar-refractivity contribution in [1.82, 2.24) is 25.2 Å². The Bertz CT molecular complexity index is 1230. The summed E-state index contributed by atoms with van der Waals surface area (Å²) in [7, 11) is 0. The molecule has 0 saturated heterocycles. The van der Waals surface area contributed by atoms with Crippen molar-refractivity contribution in [3.8, 4) is 11.4 Å². The Balaban J connectivity index is 1.38. The molecule has 2 aromatic carbocycles. The molecule has 2 aromatic heterocycles. The highest BCUT2D eigenvalue weighted by Crippen LogP contribution is 2.31. The van der Waals surface area contributed by atoms with E-state index in [1.807, 2.05) is 31.2 Å². The number of rotatable bonds is 6. The largest absolute Gasteiger partial charge is 0.416 e. The lowest BCUT2D eigenvalue weighted by Crippen LogP contribution is -2.14. The number of hydrogen-bond acceptors (Lipinski definition) is 6. The highest BCUT2D eigenvalue weighted by molar-refractivity contribution is 7.09. The van der Waals surface area contributed by atoms with Crippen molar-refractivity contribution < 1.29 is 18.0 Å². The van der Waals surface area contributed by atoms with E-state index in [4.69, 9.17) is 0 Å². The maximum atomic E-state index is 12.9. The Hall–Kier alpha value is -3.60. The second-order valence-electron chi connectivity index (χ2n) is 7.05. The highest BCUT2D eigenvalue weighted by atomic mass is 32.1. The van der Waals surface area contributed by atoms with Gasteiger partial charge in [0, 0.05) is 16.6 Å². The smallest absolute Gasteiger partial charge is 0.326 e. The Morgan fingerprint density at radius 1 is 1.16 bits per heavy atom. The van der Waals surface area contributed by atoms with Gasteiger partial charge in [0.2, 0.25) is 11.7 Å². The maximum absolute atomic E-state index is 12.9. The van der Waals surface area contributed by atoms with Crippen LogP contribution < -0.4 is 5.32 Å². The molecule has 4 aromatic rings. The summed E-state index contributed by atoms with van der Waals surface area (Å²) in [6.07, 6.45) is -4.33. The minimum atomic E-state index is -4.45. The molecule has 0 radical (unpaired) electrons. The number of tetrazole rings is 1. The third-order valence-electron chi connectivity index (χ3n) is 4.45. The number of benzene rings is 2. The van der Waals surface area contributed by atoms with Crippen LogP contribution in [0, 0.1) is 6.92 Å². The fourth-order valence-corrected chi connectivity index (χ4v) is 3.67. The normalized spacial score (nSPS) is 11.5. The van der Waals surface area contributed by atoms with Crippen molar-refractivity contribution in [2.24, 2.45) is 0 Å². The SMILES string of the molecule is Cc1ccc(NC(=O)Cc2nc(Cn3nnc(-c4cccc(C(F)(F)F)c4)n3)cs2)cc1. The molecule has 0 aliphatic rings. The predicted octanol–water partition coefficient (Wildman–Crippen LogP) is 4.35. The van der Waals surface area contributed by atoms with Crippen LogP contribution in [-0.2, 0) is 23.9 Å². The van der Waals surface area contributed by atoms with Gasteiger partial charge in [-0.05, 0) is 36.4 Å². The molecule has 0 bridgehead atoms. The average molecular weight is 458 g/mol. The lowest BCUT2D eigenvalue weighted by atomic mass is 10.1. The summed E-state index contributed by atoms with van der Waals surface area (Å²) in [6, 6.07) is 12.2. The van der Waals surface area contributed by atoms with Crippen LogP contribution in [0.5, 0.6) is 0 Å². The monoisotopic (exact) mass is 458 g/mol. The van der Waals surface area contributed by atoms with Crippen molar-refractivity contribution in [3.63, 3.8) is 0 Å². The Morgan fingerprint density at radius 2 is 1.94 bits per heavy atom. The molecule has 0 aliphatic carbocycles. The van der Waals surface area contributed by atoms with Gasteiger partial charge >= 0.3 is 6.18 Å². The number of aryl methyl sites for hydroxylation is 1. The van der Waals surface area contributed by atoms with E-state index in [-0.39, 0.29) is 30.3 Å². The highest BCUT2D eigenvalue weighted by Gasteiger charge is 2.30. The van der Waals surface area contributed by atoms with Gasteiger partial charge in [0.25, 0.3) is 0 Å². The Morgan fingerprint density at radius 3 is 2.69 bits per heavy atom. The molecule has 0 aliphatic heterocycles. The Kier molecular flexibility index (Phi) is 5.99. The van der Waals surface area contributed by atoms with Gasteiger partial charge in [0.1, 0.15) is 11.6 Å². The van der Waals surface area contributed by atoms with E-state index < -0.39 is 11.7 Å². The van der Waals surface area contributed by atoms with Crippen molar-refractivity contribution in [1.29, 1.82) is 0 Å². The van der Waals surface area contributed by atoms with Gasteiger partial charge in [-0.2, -0.15) is 18.0 Å². The summed E-state index contributed by atoms with van der Waals surface area (Å²) < 4.78 is 38.7. The molecular weight excluding hydrogens is 441 g/mol. The second kappa shape index (κ2) is 8.87. The maximum Gasteiger partial charge on any atom is 0.416 e. The summed E-state index contributed by atoms with van der Waals surface area (Å²) in [6.45, 7) is 2.15. The van der Waals surface area contributed by atoms with Gasteiger partial charge < -0.3 is 5.32 Å². The molecule has 0 fully saturated rings. The van der Waals surface area contributed by atoms with Gasteiger partial charge in [-0.25, -0.2) is 4.98 Å². The van der Waals surface area contributed by atoms with E-state index in [9.17, 15) is 18.0 Å². The number of thiazole rings is 1. The summed E-state index contributed by atoms with van der Waals surface area (Å²) >= 11 is 1.33. The quantitative estimate of drug-likeness (QED) is 0.464.